The number of carbonyl (C=O) groups excluding carboxylic acids is 1. The quantitative estimate of drug-likeness (QED) is 0.297. The summed E-state index contributed by atoms with van der Waals surface area (Å²) in [4.78, 5) is 26.2. The van der Waals surface area contributed by atoms with Crippen molar-refractivity contribution in [3.63, 3.8) is 0 Å². The zero-order valence-electron chi connectivity index (χ0n) is 21.0. The Balaban J connectivity index is 1.31. The molecule has 1 N–H and O–H groups in total. The first-order chi connectivity index (χ1) is 17.5. The van der Waals surface area contributed by atoms with Gasteiger partial charge in [-0.05, 0) is 71.5 Å². The van der Waals surface area contributed by atoms with Crippen LogP contribution in [0, 0.1) is 0 Å². The average molecular weight is 486 g/mol. The van der Waals surface area contributed by atoms with E-state index in [0.29, 0.717) is 18.7 Å². The minimum Gasteiger partial charge on any atom is -0.494 e. The minimum absolute atomic E-state index is 0.0358. The Hall–Kier alpha value is -3.60. The van der Waals surface area contributed by atoms with E-state index in [1.807, 2.05) is 42.5 Å². The highest BCUT2D eigenvalue weighted by Crippen LogP contribution is 2.25. The Kier molecular flexibility index (Phi) is 8.77. The van der Waals surface area contributed by atoms with E-state index in [1.165, 1.54) is 32.1 Å². The van der Waals surface area contributed by atoms with Gasteiger partial charge in [-0.1, -0.05) is 69.4 Å². The van der Waals surface area contributed by atoms with Crippen molar-refractivity contribution in [3.8, 4) is 16.9 Å². The molecule has 0 saturated heterocycles. The Labute approximate surface area is 213 Å². The van der Waals surface area contributed by atoms with Crippen molar-refractivity contribution >= 4 is 11.9 Å². The third-order valence-electron chi connectivity index (χ3n) is 6.84. The Morgan fingerprint density at radius 1 is 0.806 bits per heavy atom. The molecule has 0 aromatic heterocycles. The van der Waals surface area contributed by atoms with E-state index >= 15 is 0 Å². The third kappa shape index (κ3) is 6.54. The van der Waals surface area contributed by atoms with Crippen molar-refractivity contribution in [3.05, 3.63) is 89.0 Å². The van der Waals surface area contributed by atoms with Gasteiger partial charge in [-0.2, -0.15) is 0 Å². The number of benzene rings is 3. The number of aromatic carboxylic acids is 1. The van der Waals surface area contributed by atoms with E-state index in [0.717, 1.165) is 47.5 Å². The van der Waals surface area contributed by atoms with Crippen LogP contribution in [0.2, 0.25) is 0 Å². The normalized spacial score (nSPS) is 12.8. The lowest BCUT2D eigenvalue weighted by Crippen LogP contribution is -2.36. The molecule has 1 amide bonds. The van der Waals surface area contributed by atoms with E-state index in [1.54, 1.807) is 17.0 Å². The number of ether oxygens (including phenoxy) is 1. The first-order valence-corrected chi connectivity index (χ1v) is 13.0. The van der Waals surface area contributed by atoms with Gasteiger partial charge in [0.2, 0.25) is 0 Å². The van der Waals surface area contributed by atoms with Gasteiger partial charge in [0.05, 0.1) is 12.2 Å². The number of fused-ring (bicyclic) bond motifs is 1. The maximum atomic E-state index is 13.1. The molecule has 5 nitrogen and oxygen atoms in total. The lowest BCUT2D eigenvalue weighted by molar-refractivity contribution is 0.0696. The van der Waals surface area contributed by atoms with Crippen molar-refractivity contribution in [2.45, 2.75) is 58.4 Å². The number of carboxylic acid groups (broad SMARTS) is 1. The van der Waals surface area contributed by atoms with Crippen LogP contribution in [0.1, 0.15) is 77.3 Å². The molecule has 1 aliphatic heterocycles. The number of unbranched alkanes of at least 4 members (excludes halogenated alkanes) is 5. The predicted molar refractivity (Wildman–Crippen MR) is 143 cm³/mol. The summed E-state index contributed by atoms with van der Waals surface area (Å²) in [7, 11) is 0. The Morgan fingerprint density at radius 2 is 1.44 bits per heavy atom. The molecule has 0 unspecified atom stereocenters. The number of hydrogen-bond donors (Lipinski definition) is 1. The number of amides is 1. The number of rotatable bonds is 11. The van der Waals surface area contributed by atoms with Gasteiger partial charge in [-0.25, -0.2) is 4.79 Å². The molecule has 188 valence electrons. The van der Waals surface area contributed by atoms with Gasteiger partial charge >= 0.3 is 5.97 Å². The summed E-state index contributed by atoms with van der Waals surface area (Å²) in [5, 5.41) is 9.27. The predicted octanol–water partition coefficient (Wildman–Crippen LogP) is 6.99. The minimum atomic E-state index is -0.950. The molecule has 5 heteroatoms. The zero-order valence-corrected chi connectivity index (χ0v) is 21.0. The largest absolute Gasteiger partial charge is 0.494 e. The number of carboxylic acids is 1. The van der Waals surface area contributed by atoms with E-state index in [2.05, 4.69) is 19.1 Å². The van der Waals surface area contributed by atoms with Gasteiger partial charge in [0.25, 0.3) is 5.91 Å². The van der Waals surface area contributed by atoms with Crippen LogP contribution >= 0.6 is 0 Å². The lowest BCUT2D eigenvalue weighted by atomic mass is 9.96. The lowest BCUT2D eigenvalue weighted by Gasteiger charge is -2.29. The molecule has 0 fully saturated rings. The molecular weight excluding hydrogens is 450 g/mol. The van der Waals surface area contributed by atoms with Gasteiger partial charge in [0.15, 0.2) is 0 Å². The topological polar surface area (TPSA) is 66.8 Å². The van der Waals surface area contributed by atoms with Crippen molar-refractivity contribution < 1.29 is 19.4 Å². The third-order valence-corrected chi connectivity index (χ3v) is 6.84. The number of carbonyl (C=O) groups is 2. The van der Waals surface area contributed by atoms with E-state index in [-0.39, 0.29) is 11.5 Å². The van der Waals surface area contributed by atoms with Crippen molar-refractivity contribution in [1.82, 2.24) is 4.90 Å². The molecule has 1 heterocycles. The summed E-state index contributed by atoms with van der Waals surface area (Å²) in [5.41, 5.74) is 5.03. The Bertz CT molecular complexity index is 1170. The van der Waals surface area contributed by atoms with Crippen molar-refractivity contribution in [2.75, 3.05) is 13.2 Å². The standard InChI is InChI=1S/C31H35NO4/c1-2-3-4-5-6-7-20-36-29-16-14-24(15-17-29)23-8-11-26(12-9-23)30(33)32-19-18-25-10-13-27(31(34)35)21-28(25)22-32/h8-17,21H,2-7,18-20,22H2,1H3,(H,34,35). The number of hydrogen-bond acceptors (Lipinski definition) is 3. The highest BCUT2D eigenvalue weighted by molar-refractivity contribution is 5.95. The van der Waals surface area contributed by atoms with Crippen LogP contribution in [0.4, 0.5) is 0 Å². The summed E-state index contributed by atoms with van der Waals surface area (Å²) in [6.45, 7) is 4.04. The summed E-state index contributed by atoms with van der Waals surface area (Å²) in [5.74, 6) is -0.101. The second-order valence-corrected chi connectivity index (χ2v) is 9.48. The fraction of sp³-hybridized carbons (Fsp3) is 0.355. The molecule has 0 aliphatic carbocycles. The van der Waals surface area contributed by atoms with Crippen LogP contribution in [0.25, 0.3) is 11.1 Å². The second kappa shape index (κ2) is 12.4. The summed E-state index contributed by atoms with van der Waals surface area (Å²) >= 11 is 0. The molecule has 0 saturated carbocycles. The summed E-state index contributed by atoms with van der Waals surface area (Å²) < 4.78 is 5.88. The van der Waals surface area contributed by atoms with Crippen LogP contribution in [-0.2, 0) is 13.0 Å². The van der Waals surface area contributed by atoms with Crippen LogP contribution in [0.5, 0.6) is 5.75 Å². The molecule has 0 atom stereocenters. The molecule has 3 aromatic rings. The van der Waals surface area contributed by atoms with Crippen LogP contribution in [0.3, 0.4) is 0 Å². The fourth-order valence-electron chi connectivity index (χ4n) is 4.67. The van der Waals surface area contributed by atoms with Crippen LogP contribution < -0.4 is 4.74 Å². The molecule has 1 aliphatic rings. The fourth-order valence-corrected chi connectivity index (χ4v) is 4.67. The molecule has 0 spiro atoms. The molecule has 4 rings (SSSR count). The van der Waals surface area contributed by atoms with Gasteiger partial charge in [-0.15, -0.1) is 0 Å². The van der Waals surface area contributed by atoms with Gasteiger partial charge in [-0.3, -0.25) is 4.79 Å². The molecular formula is C31H35NO4. The smallest absolute Gasteiger partial charge is 0.335 e. The monoisotopic (exact) mass is 485 g/mol. The summed E-state index contributed by atoms with van der Waals surface area (Å²) in [6, 6.07) is 21.0. The summed E-state index contributed by atoms with van der Waals surface area (Å²) in [6.07, 6.45) is 8.22. The second-order valence-electron chi connectivity index (χ2n) is 9.48. The first kappa shape index (κ1) is 25.5. The van der Waals surface area contributed by atoms with Crippen molar-refractivity contribution in [1.29, 1.82) is 0 Å². The van der Waals surface area contributed by atoms with Crippen LogP contribution in [0.15, 0.2) is 66.7 Å². The SMILES string of the molecule is CCCCCCCCOc1ccc(-c2ccc(C(=O)N3CCc4ccc(C(=O)O)cc4C3)cc2)cc1. The van der Waals surface area contributed by atoms with Gasteiger partial charge < -0.3 is 14.7 Å². The van der Waals surface area contributed by atoms with Crippen molar-refractivity contribution in [2.24, 2.45) is 0 Å². The first-order valence-electron chi connectivity index (χ1n) is 13.0. The maximum Gasteiger partial charge on any atom is 0.335 e. The van der Waals surface area contributed by atoms with Crippen LogP contribution in [-0.4, -0.2) is 35.0 Å². The van der Waals surface area contributed by atoms with Gasteiger partial charge in [0, 0.05) is 18.7 Å². The molecule has 0 bridgehead atoms. The molecule has 36 heavy (non-hydrogen) atoms. The highest BCUT2D eigenvalue weighted by Gasteiger charge is 2.22. The van der Waals surface area contributed by atoms with E-state index in [9.17, 15) is 14.7 Å². The van der Waals surface area contributed by atoms with E-state index in [4.69, 9.17) is 4.74 Å². The maximum absolute atomic E-state index is 13.1. The number of nitrogens with zero attached hydrogens (tertiary/aromatic N) is 1. The molecule has 0 radical (unpaired) electrons. The van der Waals surface area contributed by atoms with Gasteiger partial charge in [0.1, 0.15) is 5.75 Å². The average Bonchev–Trinajstić information content (AvgIpc) is 2.92. The highest BCUT2D eigenvalue weighted by atomic mass is 16.5. The van der Waals surface area contributed by atoms with E-state index < -0.39 is 5.97 Å². The Morgan fingerprint density at radius 3 is 2.14 bits per heavy atom. The molecule has 3 aromatic carbocycles. The zero-order chi connectivity index (χ0) is 25.3.